The molecule has 0 spiro atoms. The molecular formula is C16H22N2O. The van der Waals surface area contributed by atoms with Gasteiger partial charge in [0.1, 0.15) is 0 Å². The summed E-state index contributed by atoms with van der Waals surface area (Å²) in [6, 6.07) is 9.57. The van der Waals surface area contributed by atoms with Gasteiger partial charge in [0.25, 0.3) is 0 Å². The lowest BCUT2D eigenvalue weighted by Gasteiger charge is -2.23. The van der Waals surface area contributed by atoms with Gasteiger partial charge in [-0.1, -0.05) is 42.5 Å². The van der Waals surface area contributed by atoms with Crippen LogP contribution in [0, 0.1) is 0 Å². The Hall–Kier alpha value is -1.87. The largest absolute Gasteiger partial charge is 0.334 e. The zero-order valence-electron chi connectivity index (χ0n) is 11.3. The van der Waals surface area contributed by atoms with Crippen LogP contribution in [-0.4, -0.2) is 29.9 Å². The average molecular weight is 258 g/mol. The molecule has 1 atom stereocenters. The predicted octanol–water partition coefficient (Wildman–Crippen LogP) is 2.15. The third-order valence-corrected chi connectivity index (χ3v) is 2.91. The number of carbonyl (C=O) groups is 1. The van der Waals surface area contributed by atoms with E-state index in [1.54, 1.807) is 17.1 Å². The van der Waals surface area contributed by atoms with E-state index in [4.69, 9.17) is 5.73 Å². The number of carbonyl (C=O) groups excluding carboxylic acids is 1. The second kappa shape index (κ2) is 8.27. The third kappa shape index (κ3) is 5.10. The van der Waals surface area contributed by atoms with Crippen molar-refractivity contribution in [3.05, 3.63) is 61.2 Å². The molecule has 1 rings (SSSR count). The van der Waals surface area contributed by atoms with Crippen molar-refractivity contribution in [3.8, 4) is 0 Å². The smallest absolute Gasteiger partial charge is 0.240 e. The van der Waals surface area contributed by atoms with Gasteiger partial charge in [0.2, 0.25) is 5.91 Å². The van der Waals surface area contributed by atoms with Crippen LogP contribution < -0.4 is 5.73 Å². The molecule has 0 bridgehead atoms. The highest BCUT2D eigenvalue weighted by Gasteiger charge is 2.18. The van der Waals surface area contributed by atoms with Gasteiger partial charge in [0, 0.05) is 13.1 Å². The third-order valence-electron chi connectivity index (χ3n) is 2.91. The van der Waals surface area contributed by atoms with Gasteiger partial charge in [-0.15, -0.1) is 13.2 Å². The Kier molecular flexibility index (Phi) is 6.61. The summed E-state index contributed by atoms with van der Waals surface area (Å²) < 4.78 is 0. The highest BCUT2D eigenvalue weighted by molar-refractivity contribution is 5.81. The van der Waals surface area contributed by atoms with Crippen molar-refractivity contribution in [2.45, 2.75) is 18.9 Å². The normalized spacial score (nSPS) is 11.6. The van der Waals surface area contributed by atoms with Gasteiger partial charge in [-0.05, 0) is 18.4 Å². The number of nitrogens with two attached hydrogens (primary N) is 1. The molecule has 3 heteroatoms. The van der Waals surface area contributed by atoms with Crippen molar-refractivity contribution in [2.24, 2.45) is 5.73 Å². The van der Waals surface area contributed by atoms with Crippen LogP contribution in [-0.2, 0) is 11.2 Å². The topological polar surface area (TPSA) is 46.3 Å². The van der Waals surface area contributed by atoms with E-state index in [1.165, 1.54) is 5.56 Å². The number of nitrogens with zero attached hydrogens (tertiary/aromatic N) is 1. The van der Waals surface area contributed by atoms with E-state index in [1.807, 2.05) is 30.3 Å². The highest BCUT2D eigenvalue weighted by atomic mass is 16.2. The number of rotatable bonds is 8. The molecule has 0 aliphatic carbocycles. The van der Waals surface area contributed by atoms with Crippen LogP contribution in [0.1, 0.15) is 12.0 Å². The van der Waals surface area contributed by atoms with Gasteiger partial charge < -0.3 is 10.6 Å². The van der Waals surface area contributed by atoms with Gasteiger partial charge in [0.05, 0.1) is 6.04 Å². The first-order chi connectivity index (χ1) is 9.19. The Morgan fingerprint density at radius 3 is 2.32 bits per heavy atom. The number of hydrogen-bond donors (Lipinski definition) is 1. The first-order valence-electron chi connectivity index (χ1n) is 6.49. The Bertz CT molecular complexity index is 404. The molecule has 1 aromatic carbocycles. The van der Waals surface area contributed by atoms with E-state index < -0.39 is 6.04 Å². The number of benzene rings is 1. The fraction of sp³-hybridized carbons (Fsp3) is 0.312. The lowest BCUT2D eigenvalue weighted by Crippen LogP contribution is -2.44. The van der Waals surface area contributed by atoms with E-state index in [0.29, 0.717) is 19.5 Å². The number of hydrogen-bond acceptors (Lipinski definition) is 2. The quantitative estimate of drug-likeness (QED) is 0.726. The van der Waals surface area contributed by atoms with E-state index in [2.05, 4.69) is 13.2 Å². The molecule has 0 radical (unpaired) electrons. The molecule has 0 fully saturated rings. The standard InChI is InChI=1S/C16H22N2O/c1-3-12-18(13-4-2)16(19)15(17)11-10-14-8-6-5-7-9-14/h3-9,15H,1-2,10-13,17H2. The molecule has 1 unspecified atom stereocenters. The van der Waals surface area contributed by atoms with Gasteiger partial charge in [-0.2, -0.15) is 0 Å². The maximum atomic E-state index is 12.1. The molecule has 19 heavy (non-hydrogen) atoms. The Labute approximate surface area is 115 Å². The predicted molar refractivity (Wildman–Crippen MR) is 79.7 cm³/mol. The minimum Gasteiger partial charge on any atom is -0.334 e. The van der Waals surface area contributed by atoms with Gasteiger partial charge in [0.15, 0.2) is 0 Å². The minimum atomic E-state index is -0.472. The molecule has 0 heterocycles. The first-order valence-corrected chi connectivity index (χ1v) is 6.49. The average Bonchev–Trinajstić information content (AvgIpc) is 2.45. The van der Waals surface area contributed by atoms with Crippen molar-refractivity contribution in [2.75, 3.05) is 13.1 Å². The fourth-order valence-electron chi connectivity index (χ4n) is 1.89. The molecule has 0 saturated carbocycles. The van der Waals surface area contributed by atoms with E-state index in [-0.39, 0.29) is 5.91 Å². The summed E-state index contributed by atoms with van der Waals surface area (Å²) in [5.41, 5.74) is 7.17. The highest BCUT2D eigenvalue weighted by Crippen LogP contribution is 2.06. The van der Waals surface area contributed by atoms with Crippen LogP contribution in [0.3, 0.4) is 0 Å². The molecule has 3 nitrogen and oxygen atoms in total. The monoisotopic (exact) mass is 258 g/mol. The van der Waals surface area contributed by atoms with Crippen LogP contribution in [0.25, 0.3) is 0 Å². The van der Waals surface area contributed by atoms with Crippen molar-refractivity contribution < 1.29 is 4.79 Å². The fourth-order valence-corrected chi connectivity index (χ4v) is 1.89. The summed E-state index contributed by atoms with van der Waals surface area (Å²) in [6.07, 6.45) is 4.86. The summed E-state index contributed by atoms with van der Waals surface area (Å²) in [5.74, 6) is -0.0456. The van der Waals surface area contributed by atoms with Crippen LogP contribution in [0.5, 0.6) is 0 Å². The molecule has 0 aliphatic heterocycles. The van der Waals surface area contributed by atoms with Crippen molar-refractivity contribution in [1.82, 2.24) is 4.90 Å². The summed E-state index contributed by atoms with van der Waals surface area (Å²) >= 11 is 0. The SMILES string of the molecule is C=CCN(CC=C)C(=O)C(N)CCc1ccccc1. The Morgan fingerprint density at radius 1 is 1.21 bits per heavy atom. The van der Waals surface area contributed by atoms with Gasteiger partial charge in [-0.3, -0.25) is 4.79 Å². The molecular weight excluding hydrogens is 236 g/mol. The molecule has 2 N–H and O–H groups in total. The van der Waals surface area contributed by atoms with Crippen molar-refractivity contribution >= 4 is 5.91 Å². The Morgan fingerprint density at radius 2 is 1.79 bits per heavy atom. The summed E-state index contributed by atoms with van der Waals surface area (Å²) in [7, 11) is 0. The van der Waals surface area contributed by atoms with E-state index in [9.17, 15) is 4.79 Å². The zero-order valence-corrected chi connectivity index (χ0v) is 11.3. The Balaban J connectivity index is 2.51. The van der Waals surface area contributed by atoms with Crippen molar-refractivity contribution in [1.29, 1.82) is 0 Å². The van der Waals surface area contributed by atoms with Crippen LogP contribution in [0.15, 0.2) is 55.6 Å². The molecule has 0 aliphatic rings. The molecule has 0 aromatic heterocycles. The zero-order chi connectivity index (χ0) is 14.1. The lowest BCUT2D eigenvalue weighted by atomic mass is 10.0. The second-order valence-corrected chi connectivity index (χ2v) is 4.45. The maximum absolute atomic E-state index is 12.1. The van der Waals surface area contributed by atoms with Crippen LogP contribution >= 0.6 is 0 Å². The summed E-state index contributed by atoms with van der Waals surface area (Å²) in [5, 5.41) is 0. The maximum Gasteiger partial charge on any atom is 0.240 e. The molecule has 102 valence electrons. The van der Waals surface area contributed by atoms with Crippen LogP contribution in [0.4, 0.5) is 0 Å². The molecule has 1 amide bonds. The number of aryl methyl sites for hydroxylation is 1. The van der Waals surface area contributed by atoms with E-state index >= 15 is 0 Å². The van der Waals surface area contributed by atoms with Gasteiger partial charge >= 0.3 is 0 Å². The van der Waals surface area contributed by atoms with Crippen molar-refractivity contribution in [3.63, 3.8) is 0 Å². The molecule has 0 saturated heterocycles. The summed E-state index contributed by atoms with van der Waals surface area (Å²) in [6.45, 7) is 8.31. The number of amides is 1. The van der Waals surface area contributed by atoms with Gasteiger partial charge in [-0.25, -0.2) is 0 Å². The second-order valence-electron chi connectivity index (χ2n) is 4.45. The van der Waals surface area contributed by atoms with Crippen LogP contribution in [0.2, 0.25) is 0 Å². The van der Waals surface area contributed by atoms with E-state index in [0.717, 1.165) is 6.42 Å². The first kappa shape index (κ1) is 15.2. The lowest BCUT2D eigenvalue weighted by molar-refractivity contribution is -0.131. The summed E-state index contributed by atoms with van der Waals surface area (Å²) in [4.78, 5) is 13.8. The molecule has 1 aromatic rings. The minimum absolute atomic E-state index is 0.0456.